The third-order valence-electron chi connectivity index (χ3n) is 3.17. The summed E-state index contributed by atoms with van der Waals surface area (Å²) >= 11 is 0. The molecule has 96 valence electrons. The predicted octanol–water partition coefficient (Wildman–Crippen LogP) is 0.516. The number of piperidine rings is 1. The van der Waals surface area contributed by atoms with Crippen LogP contribution in [0.3, 0.4) is 0 Å². The van der Waals surface area contributed by atoms with Crippen molar-refractivity contribution in [2.45, 2.75) is 38.3 Å². The maximum atomic E-state index is 11.8. The molecule has 0 bridgehead atoms. The summed E-state index contributed by atoms with van der Waals surface area (Å²) in [6, 6.07) is 2.01. The summed E-state index contributed by atoms with van der Waals surface area (Å²) in [6.45, 7) is 3.90. The van der Waals surface area contributed by atoms with Crippen molar-refractivity contribution in [3.63, 3.8) is 0 Å². The second-order valence-corrected chi connectivity index (χ2v) is 4.48. The van der Waals surface area contributed by atoms with Gasteiger partial charge in [-0.25, -0.2) is 0 Å². The minimum atomic E-state index is -0.0517. The summed E-state index contributed by atoms with van der Waals surface area (Å²) in [7, 11) is 1.72. The number of nitriles is 1. The van der Waals surface area contributed by atoms with Gasteiger partial charge in [0.15, 0.2) is 0 Å². The van der Waals surface area contributed by atoms with Crippen molar-refractivity contribution in [3.8, 4) is 6.07 Å². The zero-order valence-electron chi connectivity index (χ0n) is 10.6. The van der Waals surface area contributed by atoms with Crippen LogP contribution in [-0.2, 0) is 9.53 Å². The number of amides is 1. The Morgan fingerprint density at radius 1 is 1.59 bits per heavy atom. The Kier molecular flexibility index (Phi) is 5.95. The zero-order chi connectivity index (χ0) is 12.7. The lowest BCUT2D eigenvalue weighted by Crippen LogP contribution is -2.39. The van der Waals surface area contributed by atoms with Gasteiger partial charge in [0.25, 0.3) is 0 Å². The molecule has 1 aliphatic rings. The van der Waals surface area contributed by atoms with Crippen LogP contribution in [0.5, 0.6) is 0 Å². The van der Waals surface area contributed by atoms with Crippen LogP contribution in [0.1, 0.15) is 26.2 Å². The summed E-state index contributed by atoms with van der Waals surface area (Å²) < 4.78 is 5.58. The Bertz CT molecular complexity index is 282. The van der Waals surface area contributed by atoms with Gasteiger partial charge in [0.2, 0.25) is 5.91 Å². The number of nitrogens with zero attached hydrogens (tertiary/aromatic N) is 2. The highest BCUT2D eigenvalue weighted by atomic mass is 16.5. The molecule has 1 heterocycles. The summed E-state index contributed by atoms with van der Waals surface area (Å²) in [5.74, 6) is -0.0497. The minimum absolute atomic E-state index is 0.0497. The van der Waals surface area contributed by atoms with Crippen LogP contribution in [0, 0.1) is 11.3 Å². The maximum Gasteiger partial charge on any atom is 0.248 e. The average molecular weight is 239 g/mol. The number of likely N-dealkylation sites (N-methyl/N-ethyl adjacent to an activating group) is 1. The predicted molar refractivity (Wildman–Crippen MR) is 64.3 cm³/mol. The van der Waals surface area contributed by atoms with E-state index >= 15 is 0 Å². The second kappa shape index (κ2) is 7.25. The van der Waals surface area contributed by atoms with Crippen LogP contribution in [-0.4, -0.2) is 49.7 Å². The number of ether oxygens (including phenoxy) is 1. The van der Waals surface area contributed by atoms with E-state index in [2.05, 4.69) is 11.4 Å². The van der Waals surface area contributed by atoms with E-state index in [9.17, 15) is 4.79 Å². The highest BCUT2D eigenvalue weighted by Crippen LogP contribution is 2.08. The van der Waals surface area contributed by atoms with Crippen LogP contribution in [0.15, 0.2) is 0 Å². The van der Waals surface area contributed by atoms with Gasteiger partial charge in [0.1, 0.15) is 6.61 Å². The molecule has 5 nitrogen and oxygen atoms in total. The number of carbonyl (C=O) groups excluding carboxylic acids is 1. The highest BCUT2D eigenvalue weighted by molar-refractivity contribution is 5.77. The van der Waals surface area contributed by atoms with Crippen molar-refractivity contribution < 1.29 is 9.53 Å². The van der Waals surface area contributed by atoms with Crippen molar-refractivity contribution in [2.24, 2.45) is 0 Å². The molecule has 1 unspecified atom stereocenters. The number of nitrogens with one attached hydrogen (secondary N) is 1. The molecule has 1 fully saturated rings. The summed E-state index contributed by atoms with van der Waals surface area (Å²) in [5.41, 5.74) is 0. The third kappa shape index (κ3) is 4.72. The highest BCUT2D eigenvalue weighted by Gasteiger charge is 2.19. The fourth-order valence-electron chi connectivity index (χ4n) is 1.77. The van der Waals surface area contributed by atoms with Crippen molar-refractivity contribution in [1.82, 2.24) is 10.2 Å². The number of hydrogen-bond donors (Lipinski definition) is 1. The Morgan fingerprint density at radius 3 is 2.82 bits per heavy atom. The van der Waals surface area contributed by atoms with Crippen molar-refractivity contribution in [2.75, 3.05) is 26.7 Å². The van der Waals surface area contributed by atoms with E-state index in [0.717, 1.165) is 25.9 Å². The number of rotatable bonds is 5. The molecule has 1 N–H and O–H groups in total. The lowest BCUT2D eigenvalue weighted by molar-refractivity contribution is -0.139. The van der Waals surface area contributed by atoms with E-state index in [1.54, 1.807) is 11.9 Å². The van der Waals surface area contributed by atoms with Gasteiger partial charge in [-0.15, -0.1) is 0 Å². The number of hydrogen-bond acceptors (Lipinski definition) is 4. The van der Waals surface area contributed by atoms with E-state index < -0.39 is 0 Å². The first kappa shape index (κ1) is 13.9. The lowest BCUT2D eigenvalue weighted by atomic mass is 10.1. The van der Waals surface area contributed by atoms with Crippen LogP contribution < -0.4 is 5.32 Å². The van der Waals surface area contributed by atoms with E-state index in [1.807, 2.05) is 6.92 Å². The molecule has 1 amide bonds. The van der Waals surface area contributed by atoms with Crippen LogP contribution in [0.25, 0.3) is 0 Å². The summed E-state index contributed by atoms with van der Waals surface area (Å²) in [5, 5.41) is 11.8. The smallest absolute Gasteiger partial charge is 0.248 e. The van der Waals surface area contributed by atoms with Gasteiger partial charge in [-0.3, -0.25) is 4.79 Å². The van der Waals surface area contributed by atoms with Gasteiger partial charge >= 0.3 is 0 Å². The lowest BCUT2D eigenvalue weighted by Gasteiger charge is -2.26. The number of carbonyl (C=O) groups is 1. The fourth-order valence-corrected chi connectivity index (χ4v) is 1.77. The molecule has 0 aromatic heterocycles. The molecule has 1 saturated heterocycles. The third-order valence-corrected chi connectivity index (χ3v) is 3.17. The molecule has 5 heteroatoms. The Balaban J connectivity index is 2.26. The standard InChI is InChI=1S/C12H21N3O2/c1-10(3-6-13)15(2)12(16)9-17-11-4-7-14-8-5-11/h10-11,14H,3-5,7-9H2,1-2H3. The summed E-state index contributed by atoms with van der Waals surface area (Å²) in [4.78, 5) is 13.4. The first-order chi connectivity index (χ1) is 8.15. The molecule has 0 aliphatic carbocycles. The normalized spacial score (nSPS) is 18.4. The second-order valence-electron chi connectivity index (χ2n) is 4.48. The monoisotopic (exact) mass is 239 g/mol. The molecular weight excluding hydrogens is 218 g/mol. The van der Waals surface area contributed by atoms with E-state index in [4.69, 9.17) is 10.00 Å². The van der Waals surface area contributed by atoms with Crippen LogP contribution in [0.4, 0.5) is 0 Å². The SMILES string of the molecule is CC(CC#N)N(C)C(=O)COC1CCNCC1. The van der Waals surface area contributed by atoms with Gasteiger partial charge < -0.3 is 15.0 Å². The molecule has 0 aromatic carbocycles. The first-order valence-corrected chi connectivity index (χ1v) is 6.10. The van der Waals surface area contributed by atoms with Crippen molar-refractivity contribution in [3.05, 3.63) is 0 Å². The Labute approximate surface area is 103 Å². The maximum absolute atomic E-state index is 11.8. The molecule has 0 spiro atoms. The van der Waals surface area contributed by atoms with E-state index in [1.165, 1.54) is 0 Å². The molecule has 0 aromatic rings. The van der Waals surface area contributed by atoms with Crippen molar-refractivity contribution >= 4 is 5.91 Å². The molecule has 0 saturated carbocycles. The molecule has 0 radical (unpaired) electrons. The quantitative estimate of drug-likeness (QED) is 0.759. The first-order valence-electron chi connectivity index (χ1n) is 6.10. The van der Waals surface area contributed by atoms with Gasteiger partial charge in [0.05, 0.1) is 18.6 Å². The van der Waals surface area contributed by atoms with Gasteiger partial charge in [0, 0.05) is 13.1 Å². The average Bonchev–Trinajstić information content (AvgIpc) is 2.36. The van der Waals surface area contributed by atoms with Gasteiger partial charge in [-0.05, 0) is 32.9 Å². The largest absolute Gasteiger partial charge is 0.368 e. The van der Waals surface area contributed by atoms with E-state index in [-0.39, 0.29) is 24.7 Å². The molecule has 1 rings (SSSR count). The molecular formula is C12H21N3O2. The Morgan fingerprint density at radius 2 is 2.24 bits per heavy atom. The van der Waals surface area contributed by atoms with Crippen molar-refractivity contribution in [1.29, 1.82) is 5.26 Å². The molecule has 1 aliphatic heterocycles. The van der Waals surface area contributed by atoms with Crippen LogP contribution >= 0.6 is 0 Å². The molecule has 17 heavy (non-hydrogen) atoms. The van der Waals surface area contributed by atoms with Gasteiger partial charge in [-0.1, -0.05) is 0 Å². The zero-order valence-corrected chi connectivity index (χ0v) is 10.6. The minimum Gasteiger partial charge on any atom is -0.368 e. The van der Waals surface area contributed by atoms with Gasteiger partial charge in [-0.2, -0.15) is 5.26 Å². The molecule has 1 atom stereocenters. The van der Waals surface area contributed by atoms with Crippen LogP contribution in [0.2, 0.25) is 0 Å². The summed E-state index contributed by atoms with van der Waals surface area (Å²) in [6.07, 6.45) is 2.48. The Hall–Kier alpha value is -1.12. The topological polar surface area (TPSA) is 65.4 Å². The fraction of sp³-hybridized carbons (Fsp3) is 0.833. The van der Waals surface area contributed by atoms with E-state index in [0.29, 0.717) is 6.42 Å².